The second-order valence-corrected chi connectivity index (χ2v) is 7.13. The maximum absolute atomic E-state index is 10.4. The van der Waals surface area contributed by atoms with Crippen molar-refractivity contribution in [2.45, 2.75) is 0 Å². The normalized spacial score (nSPS) is 17.2. The molecule has 0 unspecified atom stereocenters. The van der Waals surface area contributed by atoms with E-state index in [4.69, 9.17) is 18.9 Å². The quantitative estimate of drug-likeness (QED) is 0.555. The predicted molar refractivity (Wildman–Crippen MR) is 127 cm³/mol. The Morgan fingerprint density at radius 1 is 0.636 bits per heavy atom. The Bertz CT molecular complexity index is 846. The molecule has 1 aliphatic rings. The minimum Gasteiger partial charge on any atom is -0.504 e. The Labute approximate surface area is 193 Å². The number of nitrogens with one attached hydrogen (secondary N) is 1. The molecule has 2 aromatic rings. The molecule has 3 N–H and O–H groups in total. The highest BCUT2D eigenvalue weighted by atomic mass is 16.6. The molecular weight excluding hydrogens is 426 g/mol. The zero-order valence-corrected chi connectivity index (χ0v) is 18.6. The zero-order valence-electron chi connectivity index (χ0n) is 18.6. The number of ether oxygens (including phenoxy) is 4. The average molecular weight is 458 g/mol. The van der Waals surface area contributed by atoms with Crippen LogP contribution >= 0.6 is 0 Å². The van der Waals surface area contributed by atoms with E-state index in [1.807, 2.05) is 12.1 Å². The van der Waals surface area contributed by atoms with E-state index in [9.17, 15) is 10.2 Å². The molecule has 178 valence electrons. The third-order valence-corrected chi connectivity index (χ3v) is 4.70. The molecule has 0 amide bonds. The van der Waals surface area contributed by atoms with Crippen LogP contribution in [0.25, 0.3) is 0 Å². The second kappa shape index (κ2) is 14.1. The van der Waals surface area contributed by atoms with Gasteiger partial charge >= 0.3 is 0 Å². The third-order valence-electron chi connectivity index (χ3n) is 4.70. The van der Waals surface area contributed by atoms with Crippen molar-refractivity contribution < 1.29 is 29.2 Å². The van der Waals surface area contributed by atoms with Crippen molar-refractivity contribution >= 4 is 12.4 Å². The molecule has 0 radical (unpaired) electrons. The van der Waals surface area contributed by atoms with Crippen molar-refractivity contribution in [3.63, 3.8) is 0 Å². The van der Waals surface area contributed by atoms with Gasteiger partial charge in [-0.2, -0.15) is 0 Å². The fraction of sp³-hybridized carbons (Fsp3) is 0.417. The van der Waals surface area contributed by atoms with Crippen LogP contribution in [0.4, 0.5) is 0 Å². The number of benzene rings is 2. The first-order valence-corrected chi connectivity index (χ1v) is 11.0. The number of hydrogen-bond donors (Lipinski definition) is 3. The summed E-state index contributed by atoms with van der Waals surface area (Å²) >= 11 is 0. The van der Waals surface area contributed by atoms with E-state index >= 15 is 0 Å². The van der Waals surface area contributed by atoms with Crippen molar-refractivity contribution in [3.05, 3.63) is 47.5 Å². The minimum atomic E-state index is 0.0596. The van der Waals surface area contributed by atoms with E-state index in [0.29, 0.717) is 88.4 Å². The lowest BCUT2D eigenvalue weighted by Gasteiger charge is -2.11. The van der Waals surface area contributed by atoms with Crippen LogP contribution in [0, 0.1) is 0 Å². The summed E-state index contributed by atoms with van der Waals surface area (Å²) in [4.78, 5) is 8.70. The monoisotopic (exact) mass is 457 g/mol. The van der Waals surface area contributed by atoms with E-state index in [1.54, 1.807) is 36.7 Å². The molecule has 1 heterocycles. The highest BCUT2D eigenvalue weighted by molar-refractivity contribution is 5.85. The van der Waals surface area contributed by atoms with Crippen molar-refractivity contribution in [1.82, 2.24) is 5.32 Å². The average Bonchev–Trinajstić information content (AvgIpc) is 2.82. The molecule has 0 atom stereocenters. The number of aromatic hydroxyl groups is 2. The molecule has 0 saturated heterocycles. The standard InChI is InChI=1S/C24H31N3O6/c28-23-19-3-1-5-21(23)32-15-13-30-11-12-31-14-16-33-22-6-2-4-20(24(22)29)18-27-10-8-25-7-9-26-17-19/h1-6,17-18,25,28-29H,7-16H2. The van der Waals surface area contributed by atoms with E-state index in [0.717, 1.165) is 0 Å². The van der Waals surface area contributed by atoms with Crippen molar-refractivity contribution in [2.24, 2.45) is 9.98 Å². The van der Waals surface area contributed by atoms with Gasteiger partial charge < -0.3 is 34.5 Å². The topological polar surface area (TPSA) is 114 Å². The van der Waals surface area contributed by atoms with Gasteiger partial charge in [0.25, 0.3) is 0 Å². The van der Waals surface area contributed by atoms with Gasteiger partial charge in [-0.1, -0.05) is 12.1 Å². The molecule has 0 aliphatic carbocycles. The maximum atomic E-state index is 10.4. The van der Waals surface area contributed by atoms with Crippen LogP contribution in [0.3, 0.4) is 0 Å². The summed E-state index contributed by atoms with van der Waals surface area (Å²) in [5.41, 5.74) is 1.20. The number of nitrogens with zero attached hydrogens (tertiary/aromatic N) is 2. The number of para-hydroxylation sites is 2. The van der Waals surface area contributed by atoms with Crippen LogP contribution in [-0.4, -0.2) is 88.5 Å². The summed E-state index contributed by atoms with van der Waals surface area (Å²) in [5, 5.41) is 24.0. The Balaban J connectivity index is 1.57. The first kappa shape index (κ1) is 24.5. The largest absolute Gasteiger partial charge is 0.504 e. The molecule has 0 saturated carbocycles. The first-order valence-electron chi connectivity index (χ1n) is 11.0. The highest BCUT2D eigenvalue weighted by Gasteiger charge is 2.08. The lowest BCUT2D eigenvalue weighted by Crippen LogP contribution is -2.20. The molecule has 9 heteroatoms. The zero-order chi connectivity index (χ0) is 23.1. The summed E-state index contributed by atoms with van der Waals surface area (Å²) in [5.74, 6) is 0.905. The molecule has 33 heavy (non-hydrogen) atoms. The number of phenolic OH excluding ortho intramolecular Hbond substituents is 2. The van der Waals surface area contributed by atoms with Crippen molar-refractivity contribution in [2.75, 3.05) is 65.8 Å². The number of aliphatic imine (C=N–C) groups is 2. The molecule has 1 aliphatic heterocycles. The smallest absolute Gasteiger partial charge is 0.166 e. The number of hydrogen-bond acceptors (Lipinski definition) is 9. The highest BCUT2D eigenvalue weighted by Crippen LogP contribution is 2.29. The first-order chi connectivity index (χ1) is 16.3. The molecule has 2 aromatic carbocycles. The molecule has 4 bridgehead atoms. The van der Waals surface area contributed by atoms with E-state index in [-0.39, 0.29) is 11.5 Å². The molecule has 0 aromatic heterocycles. The predicted octanol–water partition coefficient (Wildman–Crippen LogP) is 2.03. The van der Waals surface area contributed by atoms with Crippen molar-refractivity contribution in [3.8, 4) is 23.0 Å². The van der Waals surface area contributed by atoms with Crippen LogP contribution < -0.4 is 14.8 Å². The van der Waals surface area contributed by atoms with Crippen LogP contribution in [-0.2, 0) is 9.47 Å². The number of fused-ring (bicyclic) bond motifs is 4. The fourth-order valence-corrected chi connectivity index (χ4v) is 3.00. The van der Waals surface area contributed by atoms with Gasteiger partial charge in [0.15, 0.2) is 23.0 Å². The molecule has 9 nitrogen and oxygen atoms in total. The Hall–Kier alpha value is -3.14. The van der Waals surface area contributed by atoms with E-state index < -0.39 is 0 Å². The van der Waals surface area contributed by atoms with Crippen LogP contribution in [0.15, 0.2) is 46.4 Å². The summed E-state index contributed by atoms with van der Waals surface area (Å²) < 4.78 is 22.2. The SMILES string of the molecule is Oc1c2cccc1OCCOCCOCCOc1cccc(c1O)C=NCCNCCN=C2. The number of rotatable bonds is 0. The van der Waals surface area contributed by atoms with Gasteiger partial charge in [0.1, 0.15) is 13.2 Å². The Morgan fingerprint density at radius 3 is 1.58 bits per heavy atom. The van der Waals surface area contributed by atoms with Gasteiger partial charge in [0.2, 0.25) is 0 Å². The lowest BCUT2D eigenvalue weighted by molar-refractivity contribution is 0.0269. The second-order valence-electron chi connectivity index (χ2n) is 7.13. The molecule has 0 spiro atoms. The lowest BCUT2D eigenvalue weighted by atomic mass is 10.2. The van der Waals surface area contributed by atoms with Crippen LogP contribution in [0.2, 0.25) is 0 Å². The summed E-state index contributed by atoms with van der Waals surface area (Å²) in [6, 6.07) is 10.6. The molecule has 0 fully saturated rings. The summed E-state index contributed by atoms with van der Waals surface area (Å²) in [6.45, 7) is 4.64. The van der Waals surface area contributed by atoms with Gasteiger partial charge in [-0.25, -0.2) is 0 Å². The van der Waals surface area contributed by atoms with Gasteiger partial charge in [-0.05, 0) is 24.3 Å². The summed E-state index contributed by atoms with van der Waals surface area (Å²) in [6.07, 6.45) is 3.27. The van der Waals surface area contributed by atoms with Gasteiger partial charge in [-0.3, -0.25) is 9.98 Å². The Kier molecular flexibility index (Phi) is 10.5. The molecular formula is C24H31N3O6. The van der Waals surface area contributed by atoms with Gasteiger partial charge in [-0.15, -0.1) is 0 Å². The van der Waals surface area contributed by atoms with Gasteiger partial charge in [0.05, 0.1) is 39.5 Å². The fourth-order valence-electron chi connectivity index (χ4n) is 3.00. The van der Waals surface area contributed by atoms with Gasteiger partial charge in [0, 0.05) is 36.6 Å². The van der Waals surface area contributed by atoms with Crippen LogP contribution in [0.5, 0.6) is 23.0 Å². The maximum Gasteiger partial charge on any atom is 0.166 e. The third kappa shape index (κ3) is 8.38. The van der Waals surface area contributed by atoms with E-state index in [2.05, 4.69) is 15.3 Å². The van der Waals surface area contributed by atoms with E-state index in [1.165, 1.54) is 0 Å². The molecule has 3 rings (SSSR count). The minimum absolute atomic E-state index is 0.0596. The van der Waals surface area contributed by atoms with Crippen molar-refractivity contribution in [1.29, 1.82) is 0 Å². The summed E-state index contributed by atoms with van der Waals surface area (Å²) in [7, 11) is 0. The number of phenols is 2. The van der Waals surface area contributed by atoms with Crippen LogP contribution in [0.1, 0.15) is 11.1 Å². The Morgan fingerprint density at radius 2 is 1.09 bits per heavy atom.